The quantitative estimate of drug-likeness (QED) is 0.503. The van der Waals surface area contributed by atoms with Crippen molar-refractivity contribution in [1.29, 1.82) is 0 Å². The number of rotatable bonds is 3. The van der Waals surface area contributed by atoms with Crippen molar-refractivity contribution in [1.82, 2.24) is 15.1 Å². The van der Waals surface area contributed by atoms with Crippen LogP contribution in [-0.4, -0.2) is 27.6 Å². The van der Waals surface area contributed by atoms with Crippen LogP contribution >= 0.6 is 0 Å². The summed E-state index contributed by atoms with van der Waals surface area (Å²) in [5.74, 6) is -1.39. The molecule has 0 atom stereocenters. The lowest BCUT2D eigenvalue weighted by Gasteiger charge is -2.26. The van der Waals surface area contributed by atoms with Gasteiger partial charge in [-0.1, -0.05) is 35.4 Å². The van der Waals surface area contributed by atoms with E-state index in [4.69, 9.17) is 0 Å². The lowest BCUT2D eigenvalue weighted by atomic mass is 10.0. The summed E-state index contributed by atoms with van der Waals surface area (Å²) >= 11 is 0. The number of aryl methyl sites for hydroxylation is 4. The summed E-state index contributed by atoms with van der Waals surface area (Å²) < 4.78 is 1.81. The maximum atomic E-state index is 13.2. The van der Waals surface area contributed by atoms with E-state index in [0.29, 0.717) is 16.9 Å². The minimum atomic E-state index is -0.763. The third-order valence-electron chi connectivity index (χ3n) is 5.61. The van der Waals surface area contributed by atoms with Crippen LogP contribution in [0.25, 0.3) is 11.8 Å². The number of urea groups is 1. The number of nitrogens with zero attached hydrogens (tertiary/aromatic N) is 3. The van der Waals surface area contributed by atoms with Crippen LogP contribution in [0.3, 0.4) is 0 Å². The molecule has 1 aromatic heterocycles. The average Bonchev–Trinajstić information content (AvgIpc) is 3.00. The van der Waals surface area contributed by atoms with Crippen LogP contribution in [0.2, 0.25) is 0 Å². The highest BCUT2D eigenvalue weighted by Gasteiger charge is 2.37. The maximum absolute atomic E-state index is 13.2. The predicted molar refractivity (Wildman–Crippen MR) is 123 cm³/mol. The number of imide groups is 2. The van der Waals surface area contributed by atoms with Crippen LogP contribution in [0, 0.1) is 34.6 Å². The Morgan fingerprint density at radius 3 is 2.19 bits per heavy atom. The number of anilines is 1. The highest BCUT2D eigenvalue weighted by molar-refractivity contribution is 6.39. The van der Waals surface area contributed by atoms with Gasteiger partial charge in [0.2, 0.25) is 0 Å². The van der Waals surface area contributed by atoms with Gasteiger partial charge in [0.15, 0.2) is 0 Å². The molecule has 0 bridgehead atoms. The summed E-state index contributed by atoms with van der Waals surface area (Å²) in [5.41, 5.74) is 6.56. The van der Waals surface area contributed by atoms with Gasteiger partial charge < -0.3 is 0 Å². The van der Waals surface area contributed by atoms with Crippen molar-refractivity contribution in [3.8, 4) is 5.69 Å². The molecule has 0 aliphatic carbocycles. The summed E-state index contributed by atoms with van der Waals surface area (Å²) in [5, 5.41) is 6.90. The van der Waals surface area contributed by atoms with Crippen LogP contribution in [0.15, 0.2) is 48.0 Å². The first-order valence-corrected chi connectivity index (χ1v) is 10.3. The molecule has 0 saturated carbocycles. The van der Waals surface area contributed by atoms with Gasteiger partial charge in [-0.3, -0.25) is 14.9 Å². The standard InChI is InChI=1S/C25H24N4O3/c1-14-6-9-19(10-7-14)28-24(31)21(23(30)26-25(28)32)13-20-17(4)27-29(18(20)5)22-11-8-15(2)12-16(22)3/h6-13H,1-5H3,(H,26,30,32)/b21-13+. The average molecular weight is 428 g/mol. The first-order valence-electron chi connectivity index (χ1n) is 10.3. The molecule has 1 N–H and O–H groups in total. The third kappa shape index (κ3) is 3.62. The Balaban J connectivity index is 1.78. The zero-order valence-electron chi connectivity index (χ0n) is 18.7. The van der Waals surface area contributed by atoms with E-state index in [1.54, 1.807) is 24.3 Å². The van der Waals surface area contributed by atoms with Gasteiger partial charge in [-0.2, -0.15) is 5.10 Å². The second-order valence-corrected chi connectivity index (χ2v) is 8.08. The molecule has 1 fully saturated rings. The summed E-state index contributed by atoms with van der Waals surface area (Å²) in [7, 11) is 0. The van der Waals surface area contributed by atoms with Gasteiger partial charge in [-0.25, -0.2) is 14.4 Å². The molecule has 3 aromatic rings. The van der Waals surface area contributed by atoms with Crippen molar-refractivity contribution in [3.05, 3.63) is 81.7 Å². The number of benzene rings is 2. The lowest BCUT2D eigenvalue weighted by molar-refractivity contribution is -0.122. The van der Waals surface area contributed by atoms with Gasteiger partial charge in [-0.15, -0.1) is 0 Å². The molecule has 0 unspecified atom stereocenters. The Morgan fingerprint density at radius 1 is 0.875 bits per heavy atom. The minimum Gasteiger partial charge on any atom is -0.273 e. The number of hydrogen-bond acceptors (Lipinski definition) is 4. The van der Waals surface area contributed by atoms with E-state index in [9.17, 15) is 14.4 Å². The molecule has 2 aromatic carbocycles. The largest absolute Gasteiger partial charge is 0.335 e. The first kappa shape index (κ1) is 21.2. The van der Waals surface area contributed by atoms with Crippen LogP contribution in [-0.2, 0) is 9.59 Å². The molecular formula is C25H24N4O3. The van der Waals surface area contributed by atoms with Crippen molar-refractivity contribution in [2.45, 2.75) is 34.6 Å². The molecule has 0 radical (unpaired) electrons. The highest BCUT2D eigenvalue weighted by atomic mass is 16.2. The third-order valence-corrected chi connectivity index (χ3v) is 5.61. The fourth-order valence-electron chi connectivity index (χ4n) is 3.87. The smallest absolute Gasteiger partial charge is 0.273 e. The Labute approximate surface area is 186 Å². The Hall–Kier alpha value is -4.00. The number of nitrogens with one attached hydrogen (secondary N) is 1. The number of aromatic nitrogens is 2. The van der Waals surface area contributed by atoms with Gasteiger partial charge in [0, 0.05) is 11.3 Å². The Bertz CT molecular complexity index is 1300. The van der Waals surface area contributed by atoms with Gasteiger partial charge in [0.25, 0.3) is 11.8 Å². The van der Waals surface area contributed by atoms with Crippen LogP contribution in [0.1, 0.15) is 33.6 Å². The Kier molecular flexibility index (Phi) is 5.26. The molecule has 7 nitrogen and oxygen atoms in total. The minimum absolute atomic E-state index is 0.114. The van der Waals surface area contributed by atoms with E-state index in [1.165, 1.54) is 6.08 Å². The monoisotopic (exact) mass is 428 g/mol. The number of barbiturate groups is 1. The number of carbonyl (C=O) groups is 3. The van der Waals surface area contributed by atoms with Crippen LogP contribution in [0.4, 0.5) is 10.5 Å². The molecular weight excluding hydrogens is 404 g/mol. The SMILES string of the molecule is Cc1ccc(N2C(=O)NC(=O)/C(=C\c3c(C)nn(-c4ccc(C)cc4C)c3C)C2=O)cc1. The molecule has 2 heterocycles. The normalized spacial score (nSPS) is 15.5. The van der Waals surface area contributed by atoms with E-state index >= 15 is 0 Å². The predicted octanol–water partition coefficient (Wildman–Crippen LogP) is 4.08. The lowest BCUT2D eigenvalue weighted by Crippen LogP contribution is -2.54. The van der Waals surface area contributed by atoms with Crippen LogP contribution in [0.5, 0.6) is 0 Å². The topological polar surface area (TPSA) is 84.3 Å². The number of amides is 4. The van der Waals surface area contributed by atoms with E-state index in [-0.39, 0.29) is 5.57 Å². The van der Waals surface area contributed by atoms with Crippen molar-refractivity contribution >= 4 is 29.6 Å². The van der Waals surface area contributed by atoms with E-state index < -0.39 is 17.8 Å². The molecule has 0 spiro atoms. The van der Waals surface area contributed by atoms with Gasteiger partial charge in [-0.05, 0) is 64.5 Å². The van der Waals surface area contributed by atoms with Gasteiger partial charge >= 0.3 is 6.03 Å². The van der Waals surface area contributed by atoms with E-state index in [2.05, 4.69) is 16.5 Å². The van der Waals surface area contributed by atoms with Crippen molar-refractivity contribution < 1.29 is 14.4 Å². The molecule has 4 rings (SSSR count). The Morgan fingerprint density at radius 2 is 1.53 bits per heavy atom. The summed E-state index contributed by atoms with van der Waals surface area (Å²) in [6.07, 6.45) is 1.52. The van der Waals surface area contributed by atoms with Gasteiger partial charge in [0.05, 0.1) is 17.1 Å². The zero-order valence-corrected chi connectivity index (χ0v) is 18.7. The van der Waals surface area contributed by atoms with E-state index in [1.807, 2.05) is 51.4 Å². The second kappa shape index (κ2) is 7.92. The number of hydrogen-bond donors (Lipinski definition) is 1. The highest BCUT2D eigenvalue weighted by Crippen LogP contribution is 2.26. The first-order chi connectivity index (χ1) is 15.2. The molecule has 1 saturated heterocycles. The zero-order chi connectivity index (χ0) is 23.2. The fraction of sp³-hybridized carbons (Fsp3) is 0.200. The van der Waals surface area contributed by atoms with Crippen molar-refractivity contribution in [2.24, 2.45) is 0 Å². The summed E-state index contributed by atoms with van der Waals surface area (Å²) in [4.78, 5) is 39.1. The fourth-order valence-corrected chi connectivity index (χ4v) is 3.87. The van der Waals surface area contributed by atoms with Crippen LogP contribution < -0.4 is 10.2 Å². The molecule has 4 amide bonds. The molecule has 32 heavy (non-hydrogen) atoms. The van der Waals surface area contributed by atoms with E-state index in [0.717, 1.165) is 33.0 Å². The summed E-state index contributed by atoms with van der Waals surface area (Å²) in [6.45, 7) is 9.67. The van der Waals surface area contributed by atoms with Gasteiger partial charge in [0.1, 0.15) is 5.57 Å². The number of carbonyl (C=O) groups excluding carboxylic acids is 3. The second-order valence-electron chi connectivity index (χ2n) is 8.08. The van der Waals surface area contributed by atoms with Crippen molar-refractivity contribution in [3.63, 3.8) is 0 Å². The molecule has 162 valence electrons. The maximum Gasteiger partial charge on any atom is 0.335 e. The van der Waals surface area contributed by atoms with Crippen molar-refractivity contribution in [2.75, 3.05) is 4.90 Å². The molecule has 1 aliphatic rings. The molecule has 1 aliphatic heterocycles. The molecule has 7 heteroatoms. The summed E-state index contributed by atoms with van der Waals surface area (Å²) in [6, 6.07) is 12.3.